The smallest absolute Gasteiger partial charge is 0.243 e. The number of aryl methyl sites for hydroxylation is 1. The van der Waals surface area contributed by atoms with Gasteiger partial charge in [0.1, 0.15) is 12.1 Å². The topological polar surface area (TPSA) is 58.1 Å². The van der Waals surface area contributed by atoms with Crippen LogP contribution >= 0.6 is 15.9 Å². The maximum absolute atomic E-state index is 12.4. The second kappa shape index (κ2) is 6.97. The number of carbonyl (C=O) groups is 1. The Morgan fingerprint density at radius 2 is 1.96 bits per heavy atom. The number of aromatic nitrogens is 2. The summed E-state index contributed by atoms with van der Waals surface area (Å²) >= 11 is 3.43. The SMILES string of the molecule is Cc1cccc2ncnc(N(C)CC(=O)Nc3ccccc3Br)c12. The van der Waals surface area contributed by atoms with E-state index in [1.165, 1.54) is 6.33 Å². The molecule has 0 spiro atoms. The summed E-state index contributed by atoms with van der Waals surface area (Å²) in [6, 6.07) is 13.5. The largest absolute Gasteiger partial charge is 0.350 e. The van der Waals surface area contributed by atoms with Crippen LogP contribution < -0.4 is 10.2 Å². The quantitative estimate of drug-likeness (QED) is 0.743. The van der Waals surface area contributed by atoms with Crippen molar-refractivity contribution in [3.05, 3.63) is 58.8 Å². The first-order chi connectivity index (χ1) is 11.6. The zero-order valence-corrected chi connectivity index (χ0v) is 15.0. The van der Waals surface area contributed by atoms with Gasteiger partial charge in [0, 0.05) is 16.9 Å². The molecule has 1 amide bonds. The molecule has 0 aliphatic rings. The molecule has 1 N–H and O–H groups in total. The van der Waals surface area contributed by atoms with Crippen LogP contribution in [0.2, 0.25) is 0 Å². The predicted octanol–water partition coefficient (Wildman–Crippen LogP) is 3.78. The van der Waals surface area contributed by atoms with Crippen LogP contribution in [0.5, 0.6) is 0 Å². The number of likely N-dealkylation sites (N-methyl/N-ethyl adjacent to an activating group) is 1. The molecule has 122 valence electrons. The maximum Gasteiger partial charge on any atom is 0.243 e. The van der Waals surface area contributed by atoms with Crippen molar-refractivity contribution in [2.75, 3.05) is 23.8 Å². The average Bonchev–Trinajstić information content (AvgIpc) is 2.56. The Kier molecular flexibility index (Phi) is 4.76. The Labute approximate surface area is 148 Å². The van der Waals surface area contributed by atoms with Gasteiger partial charge in [-0.05, 0) is 46.6 Å². The van der Waals surface area contributed by atoms with Gasteiger partial charge in [-0.3, -0.25) is 4.79 Å². The van der Waals surface area contributed by atoms with Crippen LogP contribution in [0.1, 0.15) is 5.56 Å². The van der Waals surface area contributed by atoms with Gasteiger partial charge < -0.3 is 10.2 Å². The number of nitrogens with zero attached hydrogens (tertiary/aromatic N) is 3. The Morgan fingerprint density at radius 3 is 2.75 bits per heavy atom. The molecular weight excluding hydrogens is 368 g/mol. The number of fused-ring (bicyclic) bond motifs is 1. The van der Waals surface area contributed by atoms with Crippen LogP contribution in [0, 0.1) is 6.92 Å². The van der Waals surface area contributed by atoms with Crippen molar-refractivity contribution in [3.63, 3.8) is 0 Å². The van der Waals surface area contributed by atoms with E-state index >= 15 is 0 Å². The number of nitrogens with one attached hydrogen (secondary N) is 1. The Hall–Kier alpha value is -2.47. The molecule has 5 nitrogen and oxygen atoms in total. The molecule has 0 atom stereocenters. The summed E-state index contributed by atoms with van der Waals surface area (Å²) in [4.78, 5) is 22.9. The minimum Gasteiger partial charge on any atom is -0.350 e. The standard InChI is InChI=1S/C18H17BrN4O/c1-12-6-5-9-15-17(12)18(21-11-20-15)23(2)10-16(24)22-14-8-4-3-7-13(14)19/h3-9,11H,10H2,1-2H3,(H,22,24). The first-order valence-corrected chi connectivity index (χ1v) is 8.31. The summed E-state index contributed by atoms with van der Waals surface area (Å²) in [5.41, 5.74) is 2.71. The molecule has 0 saturated carbocycles. The zero-order chi connectivity index (χ0) is 17.1. The van der Waals surface area contributed by atoms with Crippen LogP contribution in [0.15, 0.2) is 53.3 Å². The number of anilines is 2. The van der Waals surface area contributed by atoms with Crippen molar-refractivity contribution >= 4 is 44.2 Å². The van der Waals surface area contributed by atoms with Crippen molar-refractivity contribution in [3.8, 4) is 0 Å². The second-order valence-electron chi connectivity index (χ2n) is 5.55. The van der Waals surface area contributed by atoms with E-state index in [2.05, 4.69) is 31.2 Å². The van der Waals surface area contributed by atoms with Crippen molar-refractivity contribution in [2.45, 2.75) is 6.92 Å². The van der Waals surface area contributed by atoms with Crippen LogP contribution in [0.3, 0.4) is 0 Å². The van der Waals surface area contributed by atoms with Gasteiger partial charge in [0.15, 0.2) is 0 Å². The van der Waals surface area contributed by atoms with E-state index in [0.29, 0.717) is 0 Å². The number of hydrogen-bond acceptors (Lipinski definition) is 4. The van der Waals surface area contributed by atoms with Gasteiger partial charge in [-0.2, -0.15) is 0 Å². The summed E-state index contributed by atoms with van der Waals surface area (Å²) < 4.78 is 0.851. The van der Waals surface area contributed by atoms with E-state index in [1.807, 2.05) is 61.3 Å². The van der Waals surface area contributed by atoms with Gasteiger partial charge in [-0.1, -0.05) is 24.3 Å². The highest BCUT2D eigenvalue weighted by atomic mass is 79.9. The van der Waals surface area contributed by atoms with E-state index < -0.39 is 0 Å². The third kappa shape index (κ3) is 3.38. The fourth-order valence-electron chi connectivity index (χ4n) is 2.59. The summed E-state index contributed by atoms with van der Waals surface area (Å²) in [6.07, 6.45) is 1.53. The summed E-state index contributed by atoms with van der Waals surface area (Å²) in [7, 11) is 1.85. The molecule has 0 bridgehead atoms. The Balaban J connectivity index is 1.82. The molecule has 2 aromatic carbocycles. The van der Waals surface area contributed by atoms with E-state index in [4.69, 9.17) is 0 Å². The third-order valence-electron chi connectivity index (χ3n) is 3.74. The number of rotatable bonds is 4. The number of hydrogen-bond donors (Lipinski definition) is 1. The highest BCUT2D eigenvalue weighted by molar-refractivity contribution is 9.10. The lowest BCUT2D eigenvalue weighted by Crippen LogP contribution is -2.31. The predicted molar refractivity (Wildman–Crippen MR) is 100 cm³/mol. The fraction of sp³-hybridized carbons (Fsp3) is 0.167. The van der Waals surface area contributed by atoms with Gasteiger partial charge in [-0.25, -0.2) is 9.97 Å². The van der Waals surface area contributed by atoms with E-state index in [1.54, 1.807) is 0 Å². The molecular formula is C18H17BrN4O. The number of benzene rings is 2. The fourth-order valence-corrected chi connectivity index (χ4v) is 2.98. The molecule has 24 heavy (non-hydrogen) atoms. The summed E-state index contributed by atoms with van der Waals surface area (Å²) in [6.45, 7) is 2.21. The van der Waals surface area contributed by atoms with Crippen LogP contribution in [-0.2, 0) is 4.79 Å². The van der Waals surface area contributed by atoms with Crippen LogP contribution in [0.25, 0.3) is 10.9 Å². The highest BCUT2D eigenvalue weighted by Gasteiger charge is 2.14. The molecule has 6 heteroatoms. The summed E-state index contributed by atoms with van der Waals surface area (Å²) in [5.74, 6) is 0.644. The van der Waals surface area contributed by atoms with Gasteiger partial charge in [0.05, 0.1) is 17.7 Å². The van der Waals surface area contributed by atoms with Gasteiger partial charge in [-0.15, -0.1) is 0 Å². The first-order valence-electron chi connectivity index (χ1n) is 7.52. The molecule has 0 unspecified atom stereocenters. The van der Waals surface area contributed by atoms with Crippen LogP contribution in [0.4, 0.5) is 11.5 Å². The lowest BCUT2D eigenvalue weighted by Gasteiger charge is -2.20. The average molecular weight is 385 g/mol. The maximum atomic E-state index is 12.4. The van der Waals surface area contributed by atoms with Crippen molar-refractivity contribution < 1.29 is 4.79 Å². The van der Waals surface area contributed by atoms with Gasteiger partial charge in [0.25, 0.3) is 0 Å². The molecule has 1 aromatic heterocycles. The third-order valence-corrected chi connectivity index (χ3v) is 4.43. The van der Waals surface area contributed by atoms with Gasteiger partial charge >= 0.3 is 0 Å². The van der Waals surface area contributed by atoms with E-state index in [-0.39, 0.29) is 12.5 Å². The molecule has 0 fully saturated rings. The highest BCUT2D eigenvalue weighted by Crippen LogP contribution is 2.25. The lowest BCUT2D eigenvalue weighted by atomic mass is 10.1. The lowest BCUT2D eigenvalue weighted by molar-refractivity contribution is -0.114. The number of para-hydroxylation sites is 1. The minimum atomic E-state index is -0.107. The molecule has 3 aromatic rings. The first kappa shape index (κ1) is 16.4. The summed E-state index contributed by atoms with van der Waals surface area (Å²) in [5, 5.41) is 3.87. The molecule has 0 aliphatic heterocycles. The molecule has 3 rings (SSSR count). The normalized spacial score (nSPS) is 10.6. The monoisotopic (exact) mass is 384 g/mol. The van der Waals surface area contributed by atoms with Crippen molar-refractivity contribution in [1.29, 1.82) is 0 Å². The Morgan fingerprint density at radius 1 is 1.17 bits per heavy atom. The van der Waals surface area contributed by atoms with Crippen LogP contribution in [-0.4, -0.2) is 29.5 Å². The van der Waals surface area contributed by atoms with E-state index in [0.717, 1.165) is 32.4 Å². The van der Waals surface area contributed by atoms with Gasteiger partial charge in [0.2, 0.25) is 5.91 Å². The minimum absolute atomic E-state index is 0.107. The second-order valence-corrected chi connectivity index (χ2v) is 6.40. The number of halogens is 1. The Bertz CT molecular complexity index is 892. The zero-order valence-electron chi connectivity index (χ0n) is 13.5. The molecule has 0 saturated heterocycles. The number of carbonyl (C=O) groups excluding carboxylic acids is 1. The van der Waals surface area contributed by atoms with Crippen molar-refractivity contribution in [2.24, 2.45) is 0 Å². The van der Waals surface area contributed by atoms with Crippen molar-refractivity contribution in [1.82, 2.24) is 9.97 Å². The molecule has 1 heterocycles. The molecule has 0 radical (unpaired) electrons. The molecule has 0 aliphatic carbocycles. The number of amides is 1. The van der Waals surface area contributed by atoms with E-state index in [9.17, 15) is 4.79 Å².